The summed E-state index contributed by atoms with van der Waals surface area (Å²) in [6, 6.07) is 12.1. The summed E-state index contributed by atoms with van der Waals surface area (Å²) in [7, 11) is 0. The van der Waals surface area contributed by atoms with E-state index in [9.17, 15) is 4.79 Å². The molecule has 2 heterocycles. The van der Waals surface area contributed by atoms with E-state index in [-0.39, 0.29) is 5.91 Å². The van der Waals surface area contributed by atoms with Gasteiger partial charge in [0.2, 0.25) is 0 Å². The van der Waals surface area contributed by atoms with Crippen molar-refractivity contribution in [2.24, 2.45) is 0 Å². The number of carbonyl (C=O) groups excluding carboxylic acids is 1. The molecule has 0 spiro atoms. The lowest BCUT2D eigenvalue weighted by Crippen LogP contribution is -2.41. The highest BCUT2D eigenvalue weighted by molar-refractivity contribution is 5.93. The number of rotatable bonds is 4. The fraction of sp³-hybridized carbons (Fsp3) is 0.500. The maximum atomic E-state index is 13.0. The van der Waals surface area contributed by atoms with Crippen molar-refractivity contribution >= 4 is 11.7 Å². The van der Waals surface area contributed by atoms with Crippen molar-refractivity contribution in [1.82, 2.24) is 14.9 Å². The molecule has 1 aromatic carbocycles. The van der Waals surface area contributed by atoms with Crippen LogP contribution in [0.5, 0.6) is 0 Å². The van der Waals surface area contributed by atoms with Crippen LogP contribution in [-0.4, -0.2) is 53.1 Å². The number of nitrogens with one attached hydrogen (secondary N) is 1. The zero-order valence-electron chi connectivity index (χ0n) is 16.3. The van der Waals surface area contributed by atoms with Crippen LogP contribution in [0.1, 0.15) is 49.0 Å². The summed E-state index contributed by atoms with van der Waals surface area (Å²) >= 11 is 0. The predicted molar refractivity (Wildman–Crippen MR) is 109 cm³/mol. The van der Waals surface area contributed by atoms with Gasteiger partial charge in [-0.25, -0.2) is 9.97 Å². The number of aromatic nitrogens is 2. The third-order valence-corrected chi connectivity index (χ3v) is 5.48. The highest BCUT2D eigenvalue weighted by Gasteiger charge is 2.22. The molecule has 4 rings (SSSR count). The van der Waals surface area contributed by atoms with E-state index >= 15 is 0 Å². The Morgan fingerprint density at radius 2 is 1.71 bits per heavy atom. The standard InChI is InChI=1S/C22H28N4O2/c27-22(26-12-14-28-15-13-26)19-16-20(23-18-10-6-1-2-7-11-18)25-21(24-19)17-8-4-3-5-9-17/h3-5,8-9,16,18H,1-2,6-7,10-15H2,(H,23,24,25). The number of amides is 1. The van der Waals surface area contributed by atoms with Gasteiger partial charge in [0.15, 0.2) is 5.82 Å². The van der Waals surface area contributed by atoms with Gasteiger partial charge in [0.05, 0.1) is 13.2 Å². The second-order valence-electron chi connectivity index (χ2n) is 7.57. The summed E-state index contributed by atoms with van der Waals surface area (Å²) in [5.74, 6) is 1.29. The van der Waals surface area contributed by atoms with Gasteiger partial charge in [-0.05, 0) is 12.8 Å². The highest BCUT2D eigenvalue weighted by atomic mass is 16.5. The Morgan fingerprint density at radius 3 is 2.43 bits per heavy atom. The van der Waals surface area contributed by atoms with E-state index in [0.29, 0.717) is 43.9 Å². The first-order valence-electron chi connectivity index (χ1n) is 10.4. The molecular formula is C22H28N4O2. The quantitative estimate of drug-likeness (QED) is 0.818. The molecule has 0 bridgehead atoms. The van der Waals surface area contributed by atoms with E-state index in [2.05, 4.69) is 10.3 Å². The van der Waals surface area contributed by atoms with Gasteiger partial charge in [0, 0.05) is 30.8 Å². The maximum absolute atomic E-state index is 13.0. The molecule has 1 aliphatic carbocycles. The molecule has 148 valence electrons. The van der Waals surface area contributed by atoms with Crippen LogP contribution in [0.15, 0.2) is 36.4 Å². The molecule has 6 heteroatoms. The molecule has 6 nitrogen and oxygen atoms in total. The Kier molecular flexibility index (Phi) is 6.17. The van der Waals surface area contributed by atoms with Gasteiger partial charge in [0.25, 0.3) is 5.91 Å². The molecule has 1 amide bonds. The highest BCUT2D eigenvalue weighted by Crippen LogP contribution is 2.23. The van der Waals surface area contributed by atoms with Crippen molar-refractivity contribution in [3.8, 4) is 11.4 Å². The van der Waals surface area contributed by atoms with Crippen LogP contribution in [0.4, 0.5) is 5.82 Å². The summed E-state index contributed by atoms with van der Waals surface area (Å²) in [5.41, 5.74) is 1.37. The summed E-state index contributed by atoms with van der Waals surface area (Å²) in [4.78, 5) is 24.2. The minimum Gasteiger partial charge on any atom is -0.378 e. The van der Waals surface area contributed by atoms with Gasteiger partial charge >= 0.3 is 0 Å². The first-order chi connectivity index (χ1) is 13.8. The number of ether oxygens (including phenoxy) is 1. The Labute approximate surface area is 166 Å². The molecule has 1 aromatic heterocycles. The molecule has 2 fully saturated rings. The lowest BCUT2D eigenvalue weighted by atomic mass is 10.1. The Bertz CT molecular complexity index is 782. The molecule has 1 N–H and O–H groups in total. The summed E-state index contributed by atoms with van der Waals surface area (Å²) < 4.78 is 5.38. The average molecular weight is 380 g/mol. The van der Waals surface area contributed by atoms with Crippen LogP contribution in [0.25, 0.3) is 11.4 Å². The monoisotopic (exact) mass is 380 g/mol. The Hall–Kier alpha value is -2.47. The zero-order chi connectivity index (χ0) is 19.2. The number of anilines is 1. The summed E-state index contributed by atoms with van der Waals surface area (Å²) in [6.07, 6.45) is 7.40. The average Bonchev–Trinajstić information content (AvgIpc) is 3.03. The smallest absolute Gasteiger partial charge is 0.272 e. The molecule has 2 aromatic rings. The van der Waals surface area contributed by atoms with Crippen LogP contribution in [0.2, 0.25) is 0 Å². The van der Waals surface area contributed by atoms with Gasteiger partial charge in [-0.1, -0.05) is 56.0 Å². The van der Waals surface area contributed by atoms with Crippen molar-refractivity contribution in [3.63, 3.8) is 0 Å². The fourth-order valence-electron chi connectivity index (χ4n) is 3.91. The number of hydrogen-bond donors (Lipinski definition) is 1. The van der Waals surface area contributed by atoms with Gasteiger partial charge in [-0.3, -0.25) is 4.79 Å². The van der Waals surface area contributed by atoms with E-state index < -0.39 is 0 Å². The SMILES string of the molecule is O=C(c1cc(NC2CCCCCC2)nc(-c2ccccc2)n1)N1CCOCC1. The number of carbonyl (C=O) groups is 1. The number of benzene rings is 1. The molecule has 0 atom stereocenters. The van der Waals surface area contributed by atoms with Crippen LogP contribution in [0, 0.1) is 0 Å². The zero-order valence-corrected chi connectivity index (χ0v) is 16.3. The van der Waals surface area contributed by atoms with Gasteiger partial charge in [0.1, 0.15) is 11.5 Å². The summed E-state index contributed by atoms with van der Waals surface area (Å²) in [5, 5.41) is 3.58. The maximum Gasteiger partial charge on any atom is 0.272 e. The van der Waals surface area contributed by atoms with Crippen molar-refractivity contribution in [2.45, 2.75) is 44.6 Å². The van der Waals surface area contributed by atoms with Crippen LogP contribution >= 0.6 is 0 Å². The lowest BCUT2D eigenvalue weighted by molar-refractivity contribution is 0.0299. The molecule has 28 heavy (non-hydrogen) atoms. The van der Waals surface area contributed by atoms with E-state index in [0.717, 1.165) is 24.2 Å². The third kappa shape index (κ3) is 4.68. The largest absolute Gasteiger partial charge is 0.378 e. The lowest BCUT2D eigenvalue weighted by Gasteiger charge is -2.26. The first kappa shape index (κ1) is 18.9. The number of nitrogens with zero attached hydrogens (tertiary/aromatic N) is 3. The van der Waals surface area contributed by atoms with Crippen LogP contribution in [0.3, 0.4) is 0 Å². The molecule has 1 saturated heterocycles. The van der Waals surface area contributed by atoms with Gasteiger partial charge < -0.3 is 15.0 Å². The van der Waals surface area contributed by atoms with Gasteiger partial charge in [-0.15, -0.1) is 0 Å². The number of hydrogen-bond acceptors (Lipinski definition) is 5. The normalized spacial score (nSPS) is 18.5. The van der Waals surface area contributed by atoms with Crippen molar-refractivity contribution < 1.29 is 9.53 Å². The van der Waals surface area contributed by atoms with Crippen molar-refractivity contribution in [1.29, 1.82) is 0 Å². The minimum atomic E-state index is -0.0493. The minimum absolute atomic E-state index is 0.0493. The summed E-state index contributed by atoms with van der Waals surface area (Å²) in [6.45, 7) is 2.37. The number of morpholine rings is 1. The molecule has 1 saturated carbocycles. The van der Waals surface area contributed by atoms with Crippen LogP contribution in [-0.2, 0) is 4.74 Å². The van der Waals surface area contributed by atoms with E-state index in [1.54, 1.807) is 0 Å². The second kappa shape index (κ2) is 9.15. The molecular weight excluding hydrogens is 352 g/mol. The van der Waals surface area contributed by atoms with Crippen molar-refractivity contribution in [2.75, 3.05) is 31.6 Å². The van der Waals surface area contributed by atoms with E-state index in [4.69, 9.17) is 9.72 Å². The van der Waals surface area contributed by atoms with Crippen molar-refractivity contribution in [3.05, 3.63) is 42.1 Å². The molecule has 1 aliphatic heterocycles. The molecule has 0 radical (unpaired) electrons. The van der Waals surface area contributed by atoms with Gasteiger partial charge in [-0.2, -0.15) is 0 Å². The Balaban J connectivity index is 1.63. The second-order valence-corrected chi connectivity index (χ2v) is 7.57. The molecule has 0 unspecified atom stereocenters. The fourth-order valence-corrected chi connectivity index (χ4v) is 3.91. The molecule has 2 aliphatic rings. The van der Waals surface area contributed by atoms with Crippen LogP contribution < -0.4 is 5.32 Å². The third-order valence-electron chi connectivity index (χ3n) is 5.48. The Morgan fingerprint density at radius 1 is 1.00 bits per heavy atom. The topological polar surface area (TPSA) is 67.4 Å². The van der Waals surface area contributed by atoms with E-state index in [1.165, 1.54) is 25.7 Å². The first-order valence-corrected chi connectivity index (χ1v) is 10.4. The van der Waals surface area contributed by atoms with E-state index in [1.807, 2.05) is 41.3 Å². The predicted octanol–water partition coefficient (Wildman–Crippen LogP) is 3.75.